The summed E-state index contributed by atoms with van der Waals surface area (Å²) in [6, 6.07) is 11.4. The van der Waals surface area contributed by atoms with Crippen molar-refractivity contribution >= 4 is 34.6 Å². The van der Waals surface area contributed by atoms with E-state index in [1.165, 1.54) is 11.8 Å². The van der Waals surface area contributed by atoms with Crippen LogP contribution in [0.3, 0.4) is 0 Å². The van der Waals surface area contributed by atoms with Crippen LogP contribution >= 0.6 is 23.4 Å². The fourth-order valence-electron chi connectivity index (χ4n) is 3.24. The average molecular weight is 464 g/mol. The molecule has 3 aromatic heterocycles. The van der Waals surface area contributed by atoms with E-state index in [1.807, 2.05) is 47.9 Å². The van der Waals surface area contributed by atoms with Crippen molar-refractivity contribution in [2.24, 2.45) is 4.99 Å². The number of rotatable bonds is 6. The van der Waals surface area contributed by atoms with Crippen LogP contribution < -0.4 is 0 Å². The summed E-state index contributed by atoms with van der Waals surface area (Å²) in [5.74, 6) is 2.15. The van der Waals surface area contributed by atoms with Gasteiger partial charge in [0.25, 0.3) is 0 Å². The Morgan fingerprint density at radius 3 is 2.69 bits per heavy atom. The number of hydrogen-bond donors (Lipinski definition) is 0. The van der Waals surface area contributed by atoms with Crippen LogP contribution in [0.1, 0.15) is 25.1 Å². The summed E-state index contributed by atoms with van der Waals surface area (Å²) in [5.41, 5.74) is 3.74. The molecule has 4 aromatic rings. The second-order valence-electron chi connectivity index (χ2n) is 7.10. The molecule has 0 unspecified atom stereocenters. The highest BCUT2D eigenvalue weighted by atomic mass is 35.5. The van der Waals surface area contributed by atoms with E-state index in [4.69, 9.17) is 16.0 Å². The molecule has 1 aliphatic rings. The molecule has 0 bridgehead atoms. The second kappa shape index (κ2) is 9.05. The van der Waals surface area contributed by atoms with Gasteiger partial charge in [0, 0.05) is 35.7 Å². The van der Waals surface area contributed by atoms with Gasteiger partial charge >= 0.3 is 0 Å². The highest BCUT2D eigenvalue weighted by Gasteiger charge is 2.20. The van der Waals surface area contributed by atoms with Gasteiger partial charge in [0.05, 0.1) is 23.0 Å². The monoisotopic (exact) mass is 463 g/mol. The molecular formula is C22H18ClN7OS. The zero-order chi connectivity index (χ0) is 21.9. The van der Waals surface area contributed by atoms with Crippen molar-refractivity contribution in [3.05, 3.63) is 71.7 Å². The van der Waals surface area contributed by atoms with Crippen LogP contribution in [0.2, 0.25) is 5.02 Å². The van der Waals surface area contributed by atoms with Crippen LogP contribution in [0.4, 0.5) is 0 Å². The van der Waals surface area contributed by atoms with Gasteiger partial charge in [-0.05, 0) is 31.2 Å². The minimum atomic E-state index is 0.446. The van der Waals surface area contributed by atoms with Gasteiger partial charge in [-0.1, -0.05) is 41.6 Å². The molecule has 0 saturated carbocycles. The molecule has 10 heteroatoms. The SMILES string of the molecule is CC1=NCC(c2nnc(CSc3nnc(-c4ccncc4)n3-c3ccccc3Cl)o2)=CC1. The molecule has 0 aliphatic carbocycles. The Labute approximate surface area is 193 Å². The third-order valence-corrected chi connectivity index (χ3v) is 6.13. The Kier molecular flexibility index (Phi) is 5.83. The van der Waals surface area contributed by atoms with Gasteiger partial charge in [-0.25, -0.2) is 0 Å². The van der Waals surface area contributed by atoms with E-state index in [-0.39, 0.29) is 0 Å². The van der Waals surface area contributed by atoms with Gasteiger partial charge in [0.1, 0.15) is 0 Å². The highest BCUT2D eigenvalue weighted by Crippen LogP contribution is 2.32. The van der Waals surface area contributed by atoms with E-state index in [0.29, 0.717) is 40.1 Å². The van der Waals surface area contributed by atoms with Crippen molar-refractivity contribution in [3.63, 3.8) is 0 Å². The minimum Gasteiger partial charge on any atom is -0.420 e. The fourth-order valence-corrected chi connectivity index (χ4v) is 4.25. The Hall–Kier alpha value is -3.30. The molecule has 5 rings (SSSR count). The molecule has 4 heterocycles. The summed E-state index contributed by atoms with van der Waals surface area (Å²) in [6.07, 6.45) is 6.33. The lowest BCUT2D eigenvalue weighted by atomic mass is 10.1. The van der Waals surface area contributed by atoms with Crippen LogP contribution in [0.5, 0.6) is 0 Å². The first-order valence-corrected chi connectivity index (χ1v) is 11.3. The maximum absolute atomic E-state index is 6.51. The Bertz CT molecular complexity index is 1310. The maximum Gasteiger partial charge on any atom is 0.245 e. The van der Waals surface area contributed by atoms with E-state index in [9.17, 15) is 0 Å². The lowest BCUT2D eigenvalue weighted by Crippen LogP contribution is -2.01. The standard InChI is InChI=1S/C22H18ClN7OS/c1-14-6-7-16(12-25-14)21-28-26-19(31-21)13-32-22-29-27-20(15-8-10-24-11-9-15)30(22)18-5-3-2-4-17(18)23/h2-5,7-11H,6,12-13H2,1H3. The lowest BCUT2D eigenvalue weighted by molar-refractivity contribution is 0.500. The number of aromatic nitrogens is 6. The molecule has 0 radical (unpaired) electrons. The summed E-state index contributed by atoms with van der Waals surface area (Å²) in [4.78, 5) is 8.54. The first-order valence-electron chi connectivity index (χ1n) is 9.94. The predicted octanol–water partition coefficient (Wildman–Crippen LogP) is 4.91. The van der Waals surface area contributed by atoms with Crippen molar-refractivity contribution in [2.75, 3.05) is 6.54 Å². The number of aliphatic imine (C=N–C) groups is 1. The molecule has 1 aliphatic heterocycles. The number of para-hydroxylation sites is 1. The third-order valence-electron chi connectivity index (χ3n) is 4.89. The van der Waals surface area contributed by atoms with E-state index in [0.717, 1.165) is 29.0 Å². The van der Waals surface area contributed by atoms with Gasteiger partial charge in [-0.15, -0.1) is 20.4 Å². The van der Waals surface area contributed by atoms with Crippen molar-refractivity contribution in [3.8, 4) is 17.1 Å². The molecule has 0 fully saturated rings. The Balaban J connectivity index is 1.42. The molecule has 0 atom stereocenters. The summed E-state index contributed by atoms with van der Waals surface area (Å²) in [6.45, 7) is 2.58. The van der Waals surface area contributed by atoms with Crippen LogP contribution in [0.15, 0.2) is 69.4 Å². The van der Waals surface area contributed by atoms with Gasteiger partial charge in [-0.3, -0.25) is 14.5 Å². The summed E-state index contributed by atoms with van der Waals surface area (Å²) in [7, 11) is 0. The number of nitrogens with zero attached hydrogens (tertiary/aromatic N) is 7. The van der Waals surface area contributed by atoms with Crippen LogP contribution in [-0.2, 0) is 5.75 Å². The number of pyridine rings is 1. The van der Waals surface area contributed by atoms with Crippen molar-refractivity contribution in [2.45, 2.75) is 24.3 Å². The molecule has 0 spiro atoms. The molecule has 1 aromatic carbocycles. The molecule has 0 N–H and O–H groups in total. The van der Waals surface area contributed by atoms with Gasteiger partial charge < -0.3 is 4.42 Å². The number of allylic oxidation sites excluding steroid dienone is 1. The zero-order valence-electron chi connectivity index (χ0n) is 17.1. The van der Waals surface area contributed by atoms with Crippen molar-refractivity contribution in [1.29, 1.82) is 0 Å². The molecule has 160 valence electrons. The molecular weight excluding hydrogens is 446 g/mol. The quantitative estimate of drug-likeness (QED) is 0.375. The number of thioether (sulfide) groups is 1. The van der Waals surface area contributed by atoms with Crippen LogP contribution in [0, 0.1) is 0 Å². The van der Waals surface area contributed by atoms with Gasteiger partial charge in [-0.2, -0.15) is 0 Å². The molecule has 32 heavy (non-hydrogen) atoms. The fraction of sp³-hybridized carbons (Fsp3) is 0.182. The summed E-state index contributed by atoms with van der Waals surface area (Å²) < 4.78 is 7.80. The Morgan fingerprint density at radius 2 is 1.91 bits per heavy atom. The molecule has 0 saturated heterocycles. The number of halogens is 1. The van der Waals surface area contributed by atoms with Crippen molar-refractivity contribution < 1.29 is 4.42 Å². The van der Waals surface area contributed by atoms with E-state index < -0.39 is 0 Å². The molecule has 8 nitrogen and oxygen atoms in total. The second-order valence-corrected chi connectivity index (χ2v) is 8.45. The topological polar surface area (TPSA) is 94.9 Å². The van der Waals surface area contributed by atoms with Crippen LogP contribution in [-0.4, -0.2) is 42.2 Å². The Morgan fingerprint density at radius 1 is 1.06 bits per heavy atom. The van der Waals surface area contributed by atoms with Gasteiger partial charge in [0.2, 0.25) is 11.8 Å². The number of benzene rings is 1. The zero-order valence-corrected chi connectivity index (χ0v) is 18.7. The highest BCUT2D eigenvalue weighted by molar-refractivity contribution is 7.98. The van der Waals surface area contributed by atoms with E-state index in [1.54, 1.807) is 12.4 Å². The smallest absolute Gasteiger partial charge is 0.245 e. The van der Waals surface area contributed by atoms with E-state index >= 15 is 0 Å². The normalized spacial score (nSPS) is 13.7. The summed E-state index contributed by atoms with van der Waals surface area (Å²) >= 11 is 7.96. The van der Waals surface area contributed by atoms with Crippen LogP contribution in [0.25, 0.3) is 22.6 Å². The minimum absolute atomic E-state index is 0.446. The van der Waals surface area contributed by atoms with Crippen molar-refractivity contribution in [1.82, 2.24) is 29.9 Å². The first-order chi connectivity index (χ1) is 15.7. The number of dihydropyridines is 1. The van der Waals surface area contributed by atoms with Gasteiger partial charge in [0.15, 0.2) is 11.0 Å². The third kappa shape index (κ3) is 4.21. The molecule has 0 amide bonds. The predicted molar refractivity (Wildman–Crippen MR) is 124 cm³/mol. The van der Waals surface area contributed by atoms with E-state index in [2.05, 4.69) is 36.4 Å². The summed E-state index contributed by atoms with van der Waals surface area (Å²) in [5, 5.41) is 18.5. The first kappa shape index (κ1) is 20.6. The number of hydrogen-bond acceptors (Lipinski definition) is 8. The largest absolute Gasteiger partial charge is 0.420 e. The maximum atomic E-state index is 6.51. The average Bonchev–Trinajstić information content (AvgIpc) is 3.46. The lowest BCUT2D eigenvalue weighted by Gasteiger charge is -2.11.